The third-order valence-corrected chi connectivity index (χ3v) is 1.44. The molecule has 0 saturated heterocycles. The van der Waals surface area contributed by atoms with Crippen LogP contribution < -0.4 is 5.73 Å². The topological polar surface area (TPSA) is 57.5 Å². The van der Waals surface area contributed by atoms with Gasteiger partial charge in [0.05, 0.1) is 0 Å². The van der Waals surface area contributed by atoms with Gasteiger partial charge >= 0.3 is 0 Å². The number of hydrogen-bond donors (Lipinski definition) is 1. The molecule has 0 aliphatic heterocycles. The van der Waals surface area contributed by atoms with E-state index in [0.29, 0.717) is 0 Å². The minimum atomic E-state index is -0.0267. The summed E-state index contributed by atoms with van der Waals surface area (Å²) in [6, 6.07) is 9.87. The van der Waals surface area contributed by atoms with Crippen LogP contribution in [0.15, 0.2) is 43.0 Å². The Morgan fingerprint density at radius 2 is 1.82 bits per heavy atom. The second-order valence-corrected chi connectivity index (χ2v) is 2.17. The maximum absolute atomic E-state index is 5.68. The number of rotatable bonds is 2. The molecule has 0 bridgehead atoms. The van der Waals surface area contributed by atoms with Gasteiger partial charge in [0.2, 0.25) is 0 Å². The Bertz CT molecular complexity index is 208. The molecule has 2 heteroatoms. The van der Waals surface area contributed by atoms with Gasteiger partial charge in [0, 0.05) is 6.04 Å². The lowest BCUT2D eigenvalue weighted by Crippen LogP contribution is -2.05. The maximum Gasteiger partial charge on any atom is 0.0478 e. The minimum Gasteiger partial charge on any atom is -0.412 e. The van der Waals surface area contributed by atoms with Crippen LogP contribution in [0.1, 0.15) is 11.6 Å². The van der Waals surface area contributed by atoms with E-state index in [4.69, 9.17) is 5.73 Å². The fourth-order valence-corrected chi connectivity index (χ4v) is 0.811. The van der Waals surface area contributed by atoms with Crippen molar-refractivity contribution in [2.24, 2.45) is 5.73 Å². The van der Waals surface area contributed by atoms with Crippen LogP contribution in [0.4, 0.5) is 0 Å². The zero-order chi connectivity index (χ0) is 7.40. The lowest BCUT2D eigenvalue weighted by atomic mass is 10.1. The lowest BCUT2D eigenvalue weighted by molar-refractivity contribution is 0.824. The van der Waals surface area contributed by atoms with Crippen molar-refractivity contribution in [3.63, 3.8) is 0 Å². The predicted molar refractivity (Wildman–Crippen MR) is 47.2 cm³/mol. The van der Waals surface area contributed by atoms with Crippen LogP contribution in [0.3, 0.4) is 0 Å². The molecule has 1 aromatic rings. The van der Waals surface area contributed by atoms with Crippen LogP contribution in [-0.4, -0.2) is 5.48 Å². The van der Waals surface area contributed by atoms with Crippen LogP contribution in [0, 0.1) is 0 Å². The maximum atomic E-state index is 5.68. The Balaban J connectivity index is 0.000001000. The van der Waals surface area contributed by atoms with Crippen molar-refractivity contribution in [2.45, 2.75) is 6.04 Å². The summed E-state index contributed by atoms with van der Waals surface area (Å²) in [5.74, 6) is 0. The molecule has 0 aliphatic rings. The molecule has 0 saturated carbocycles. The first-order chi connectivity index (χ1) is 4.84. The lowest BCUT2D eigenvalue weighted by Gasteiger charge is -2.03. The Hall–Kier alpha value is -1.12. The summed E-state index contributed by atoms with van der Waals surface area (Å²) in [5, 5.41) is 0. The molecule has 0 heterocycles. The molecule has 0 aromatic heterocycles. The quantitative estimate of drug-likeness (QED) is 0.631. The largest absolute Gasteiger partial charge is 0.412 e. The second-order valence-electron chi connectivity index (χ2n) is 2.17. The van der Waals surface area contributed by atoms with Crippen molar-refractivity contribution in [1.82, 2.24) is 0 Å². The zero-order valence-electron chi connectivity index (χ0n) is 6.33. The molecular weight excluding hydrogens is 138 g/mol. The number of nitrogens with two attached hydrogens (primary N) is 1. The first-order valence-corrected chi connectivity index (χ1v) is 3.27. The van der Waals surface area contributed by atoms with Crippen molar-refractivity contribution in [3.8, 4) is 0 Å². The minimum absolute atomic E-state index is 0. The van der Waals surface area contributed by atoms with E-state index in [9.17, 15) is 0 Å². The van der Waals surface area contributed by atoms with E-state index in [1.165, 1.54) is 0 Å². The summed E-state index contributed by atoms with van der Waals surface area (Å²) in [4.78, 5) is 0. The summed E-state index contributed by atoms with van der Waals surface area (Å²) in [7, 11) is 0. The van der Waals surface area contributed by atoms with Crippen LogP contribution >= 0.6 is 0 Å². The van der Waals surface area contributed by atoms with Gasteiger partial charge in [0.25, 0.3) is 0 Å². The van der Waals surface area contributed by atoms with Crippen LogP contribution in [-0.2, 0) is 0 Å². The number of benzene rings is 1. The summed E-state index contributed by atoms with van der Waals surface area (Å²) in [6.07, 6.45) is 1.73. The summed E-state index contributed by atoms with van der Waals surface area (Å²) < 4.78 is 0. The Morgan fingerprint density at radius 1 is 1.27 bits per heavy atom. The van der Waals surface area contributed by atoms with Crippen molar-refractivity contribution >= 4 is 0 Å². The Kier molecular flexibility index (Phi) is 4.18. The molecule has 4 N–H and O–H groups in total. The average molecular weight is 151 g/mol. The monoisotopic (exact) mass is 151 g/mol. The van der Waals surface area contributed by atoms with Gasteiger partial charge in [-0.15, -0.1) is 6.58 Å². The van der Waals surface area contributed by atoms with E-state index in [0.717, 1.165) is 5.56 Å². The SMILES string of the molecule is C=CC(N)c1ccccc1.O. The highest BCUT2D eigenvalue weighted by Gasteiger charge is 1.96. The normalized spacial score (nSPS) is 11.4. The van der Waals surface area contributed by atoms with Crippen LogP contribution in [0.5, 0.6) is 0 Å². The fourth-order valence-electron chi connectivity index (χ4n) is 0.811. The number of hydrogen-bond acceptors (Lipinski definition) is 1. The van der Waals surface area contributed by atoms with Crippen LogP contribution in [0.25, 0.3) is 0 Å². The van der Waals surface area contributed by atoms with E-state index >= 15 is 0 Å². The molecular formula is C9H13NO. The van der Waals surface area contributed by atoms with Crippen molar-refractivity contribution in [3.05, 3.63) is 48.6 Å². The Morgan fingerprint density at radius 3 is 2.27 bits per heavy atom. The van der Waals surface area contributed by atoms with Gasteiger partial charge in [-0.1, -0.05) is 36.4 Å². The van der Waals surface area contributed by atoms with Gasteiger partial charge in [-0.05, 0) is 5.56 Å². The van der Waals surface area contributed by atoms with Crippen molar-refractivity contribution in [2.75, 3.05) is 0 Å². The molecule has 1 atom stereocenters. The highest BCUT2D eigenvalue weighted by atomic mass is 16.0. The van der Waals surface area contributed by atoms with E-state index in [-0.39, 0.29) is 11.5 Å². The van der Waals surface area contributed by atoms with Gasteiger partial charge in [0.15, 0.2) is 0 Å². The molecule has 1 aromatic carbocycles. The van der Waals surface area contributed by atoms with Crippen LogP contribution in [0.2, 0.25) is 0 Å². The Labute approximate surface area is 66.7 Å². The zero-order valence-corrected chi connectivity index (χ0v) is 6.33. The third kappa shape index (κ3) is 2.53. The first kappa shape index (κ1) is 9.88. The molecule has 0 fully saturated rings. The molecule has 0 aliphatic carbocycles. The highest BCUT2D eigenvalue weighted by molar-refractivity contribution is 5.21. The molecule has 1 unspecified atom stereocenters. The molecule has 0 amide bonds. The van der Waals surface area contributed by atoms with E-state index < -0.39 is 0 Å². The van der Waals surface area contributed by atoms with Gasteiger partial charge < -0.3 is 11.2 Å². The molecule has 2 nitrogen and oxygen atoms in total. The molecule has 1 rings (SSSR count). The fraction of sp³-hybridized carbons (Fsp3) is 0.111. The summed E-state index contributed by atoms with van der Waals surface area (Å²) in [5.41, 5.74) is 6.79. The summed E-state index contributed by atoms with van der Waals surface area (Å²) in [6.45, 7) is 3.61. The van der Waals surface area contributed by atoms with Gasteiger partial charge in [-0.2, -0.15) is 0 Å². The summed E-state index contributed by atoms with van der Waals surface area (Å²) >= 11 is 0. The molecule has 11 heavy (non-hydrogen) atoms. The van der Waals surface area contributed by atoms with Gasteiger partial charge in [-0.25, -0.2) is 0 Å². The standard InChI is InChI=1S/C9H11N.H2O/c1-2-9(10)8-6-4-3-5-7-8;/h2-7,9H,1,10H2;1H2. The molecule has 0 spiro atoms. The van der Waals surface area contributed by atoms with E-state index in [2.05, 4.69) is 6.58 Å². The molecule has 60 valence electrons. The van der Waals surface area contributed by atoms with Crippen molar-refractivity contribution < 1.29 is 5.48 Å². The second kappa shape index (κ2) is 4.66. The smallest absolute Gasteiger partial charge is 0.0478 e. The van der Waals surface area contributed by atoms with E-state index in [1.54, 1.807) is 6.08 Å². The van der Waals surface area contributed by atoms with Crippen molar-refractivity contribution in [1.29, 1.82) is 0 Å². The predicted octanol–water partition coefficient (Wildman–Crippen LogP) is 1.05. The van der Waals surface area contributed by atoms with E-state index in [1.807, 2.05) is 30.3 Å². The average Bonchev–Trinajstić information content (AvgIpc) is 2.05. The van der Waals surface area contributed by atoms with Gasteiger partial charge in [0.1, 0.15) is 0 Å². The molecule has 0 radical (unpaired) electrons. The first-order valence-electron chi connectivity index (χ1n) is 3.27. The van der Waals surface area contributed by atoms with Gasteiger partial charge in [-0.3, -0.25) is 0 Å². The highest BCUT2D eigenvalue weighted by Crippen LogP contribution is 2.08. The third-order valence-electron chi connectivity index (χ3n) is 1.44.